The second-order valence-corrected chi connectivity index (χ2v) is 12.1. The van der Waals surface area contributed by atoms with Gasteiger partial charge in [0, 0.05) is 19.0 Å². The average molecular weight is 308 g/mol. The fraction of sp³-hybridized carbons (Fsp3) is 1.00. The van der Waals surface area contributed by atoms with Crippen molar-refractivity contribution in [2.24, 2.45) is 0 Å². The van der Waals surface area contributed by atoms with Crippen molar-refractivity contribution >= 4 is 19.9 Å². The fourth-order valence-corrected chi connectivity index (χ4v) is 3.04. The van der Waals surface area contributed by atoms with Gasteiger partial charge in [-0.3, -0.25) is 4.90 Å². The first kappa shape index (κ1) is 17.4. The molecule has 0 radical (unpaired) electrons. The van der Waals surface area contributed by atoms with E-state index in [4.69, 9.17) is 20.8 Å². The van der Waals surface area contributed by atoms with Crippen LogP contribution in [-0.2, 0) is 9.16 Å². The highest BCUT2D eigenvalue weighted by Gasteiger charge is 2.38. The fourth-order valence-electron chi connectivity index (χ4n) is 1.89. The van der Waals surface area contributed by atoms with Crippen LogP contribution in [0.25, 0.3) is 0 Å². The molecule has 1 aliphatic heterocycles. The summed E-state index contributed by atoms with van der Waals surface area (Å²) in [6, 6.07) is 0. The molecule has 0 N–H and O–H groups in total. The molecule has 1 atom stereocenters. The third-order valence-electron chi connectivity index (χ3n) is 4.27. The van der Waals surface area contributed by atoms with Gasteiger partial charge in [0.25, 0.3) is 0 Å². The number of hydrogen-bond acceptors (Lipinski definition) is 3. The van der Waals surface area contributed by atoms with Gasteiger partial charge in [-0.1, -0.05) is 20.8 Å². The first-order valence-electron chi connectivity index (χ1n) is 7.30. The molecule has 1 aliphatic rings. The van der Waals surface area contributed by atoms with Crippen LogP contribution >= 0.6 is 11.6 Å². The lowest BCUT2D eigenvalue weighted by Crippen LogP contribution is -2.48. The average Bonchev–Trinajstić information content (AvgIpc) is 2.33. The van der Waals surface area contributed by atoms with Crippen molar-refractivity contribution in [3.8, 4) is 0 Å². The van der Waals surface area contributed by atoms with E-state index in [1.165, 1.54) is 0 Å². The minimum Gasteiger partial charge on any atom is -0.414 e. The molecule has 0 aromatic carbocycles. The highest BCUT2D eigenvalue weighted by molar-refractivity contribution is 6.74. The molecule has 0 aliphatic carbocycles. The molecule has 0 bridgehead atoms. The van der Waals surface area contributed by atoms with E-state index < -0.39 is 8.32 Å². The van der Waals surface area contributed by atoms with E-state index in [1.54, 1.807) is 0 Å². The van der Waals surface area contributed by atoms with Crippen molar-refractivity contribution in [3.05, 3.63) is 0 Å². The summed E-state index contributed by atoms with van der Waals surface area (Å²) in [6.07, 6.45) is 1.27. The molecule has 1 unspecified atom stereocenters. The largest absolute Gasteiger partial charge is 0.414 e. The molecule has 5 heteroatoms. The molecule has 114 valence electrons. The summed E-state index contributed by atoms with van der Waals surface area (Å²) < 4.78 is 12.1. The Morgan fingerprint density at radius 2 is 2.05 bits per heavy atom. The Hall–Kier alpha value is 0.387. The number of morpholine rings is 1. The van der Waals surface area contributed by atoms with Gasteiger partial charge < -0.3 is 9.16 Å². The zero-order valence-corrected chi connectivity index (χ0v) is 14.9. The molecule has 19 heavy (non-hydrogen) atoms. The normalized spacial score (nSPS) is 22.7. The van der Waals surface area contributed by atoms with Gasteiger partial charge in [-0.2, -0.15) is 0 Å². The molecule has 1 fully saturated rings. The van der Waals surface area contributed by atoms with Crippen molar-refractivity contribution in [2.45, 2.75) is 51.4 Å². The summed E-state index contributed by atoms with van der Waals surface area (Å²) in [5, 5.41) is 0.264. The van der Waals surface area contributed by atoms with Crippen LogP contribution in [-0.4, -0.2) is 58.0 Å². The number of nitrogens with zero attached hydrogens (tertiary/aromatic N) is 1. The molecule has 0 spiro atoms. The topological polar surface area (TPSA) is 21.7 Å². The van der Waals surface area contributed by atoms with Gasteiger partial charge in [-0.25, -0.2) is 0 Å². The summed E-state index contributed by atoms with van der Waals surface area (Å²) in [5.74, 6) is 0.739. The number of halogens is 1. The Labute approximate surface area is 124 Å². The van der Waals surface area contributed by atoms with Crippen molar-refractivity contribution in [1.82, 2.24) is 4.90 Å². The predicted octanol–water partition coefficient (Wildman–Crippen LogP) is 3.34. The van der Waals surface area contributed by atoms with Gasteiger partial charge in [0.15, 0.2) is 8.32 Å². The Bertz CT molecular complexity index is 269. The monoisotopic (exact) mass is 307 g/mol. The molecule has 0 aromatic rings. The van der Waals surface area contributed by atoms with Gasteiger partial charge >= 0.3 is 0 Å². The van der Waals surface area contributed by atoms with E-state index in [0.717, 1.165) is 45.1 Å². The summed E-state index contributed by atoms with van der Waals surface area (Å²) in [7, 11) is -1.66. The molecule has 0 saturated carbocycles. The highest BCUT2D eigenvalue weighted by Crippen LogP contribution is 2.36. The van der Waals surface area contributed by atoms with E-state index >= 15 is 0 Å². The van der Waals surface area contributed by atoms with E-state index in [1.807, 2.05) is 0 Å². The summed E-state index contributed by atoms with van der Waals surface area (Å²) in [6.45, 7) is 16.0. The number of ether oxygens (including phenoxy) is 1. The molecule has 1 saturated heterocycles. The molecule has 0 amide bonds. The lowest BCUT2D eigenvalue weighted by Gasteiger charge is -2.39. The lowest BCUT2D eigenvalue weighted by molar-refractivity contribution is -0.0499. The zero-order chi connectivity index (χ0) is 14.5. The maximum absolute atomic E-state index is 6.25. The van der Waals surface area contributed by atoms with Crippen LogP contribution in [0.4, 0.5) is 0 Å². The quantitative estimate of drug-likeness (QED) is 0.555. The van der Waals surface area contributed by atoms with Crippen LogP contribution in [0.1, 0.15) is 27.2 Å². The molecule has 0 aromatic heterocycles. The molecule has 1 rings (SSSR count). The second-order valence-electron chi connectivity index (χ2n) is 6.91. The minimum absolute atomic E-state index is 0.221. The Balaban J connectivity index is 2.37. The van der Waals surface area contributed by atoms with Gasteiger partial charge in [0.1, 0.15) is 0 Å². The molecule has 1 heterocycles. The van der Waals surface area contributed by atoms with Gasteiger partial charge in [-0.15, -0.1) is 11.6 Å². The third-order valence-corrected chi connectivity index (χ3v) is 9.04. The smallest absolute Gasteiger partial charge is 0.192 e. The number of alkyl halides is 1. The van der Waals surface area contributed by atoms with Crippen LogP contribution in [0.2, 0.25) is 18.1 Å². The van der Waals surface area contributed by atoms with Crippen LogP contribution in [0.5, 0.6) is 0 Å². The minimum atomic E-state index is -1.66. The van der Waals surface area contributed by atoms with E-state index in [9.17, 15) is 0 Å². The van der Waals surface area contributed by atoms with Crippen molar-refractivity contribution in [2.75, 3.05) is 38.7 Å². The summed E-state index contributed by atoms with van der Waals surface area (Å²) >= 11 is 5.75. The zero-order valence-electron chi connectivity index (χ0n) is 13.2. The molecule has 3 nitrogen and oxygen atoms in total. The van der Waals surface area contributed by atoms with Gasteiger partial charge in [0.2, 0.25) is 0 Å². The van der Waals surface area contributed by atoms with Crippen molar-refractivity contribution in [3.63, 3.8) is 0 Å². The summed E-state index contributed by atoms with van der Waals surface area (Å²) in [5.41, 5.74) is 0. The molecular formula is C14H30ClNO2Si. The van der Waals surface area contributed by atoms with Gasteiger partial charge in [-0.05, 0) is 31.1 Å². The first-order valence-corrected chi connectivity index (χ1v) is 10.7. The van der Waals surface area contributed by atoms with E-state index in [2.05, 4.69) is 38.8 Å². The van der Waals surface area contributed by atoms with Crippen LogP contribution < -0.4 is 0 Å². The summed E-state index contributed by atoms with van der Waals surface area (Å²) in [4.78, 5) is 2.44. The number of hydrogen-bond donors (Lipinski definition) is 0. The van der Waals surface area contributed by atoms with Crippen LogP contribution in [0.15, 0.2) is 0 Å². The van der Waals surface area contributed by atoms with E-state index in [0.29, 0.717) is 0 Å². The van der Waals surface area contributed by atoms with Crippen molar-refractivity contribution < 1.29 is 9.16 Å². The molecular weight excluding hydrogens is 278 g/mol. The predicted molar refractivity (Wildman–Crippen MR) is 84.7 cm³/mol. The van der Waals surface area contributed by atoms with E-state index in [-0.39, 0.29) is 11.1 Å². The number of rotatable bonds is 6. The Morgan fingerprint density at radius 3 is 2.63 bits per heavy atom. The first-order chi connectivity index (χ1) is 8.76. The van der Waals surface area contributed by atoms with Crippen LogP contribution in [0, 0.1) is 0 Å². The Kier molecular flexibility index (Phi) is 6.80. The second kappa shape index (κ2) is 7.41. The van der Waals surface area contributed by atoms with Crippen molar-refractivity contribution in [1.29, 1.82) is 0 Å². The maximum atomic E-state index is 6.25. The Morgan fingerprint density at radius 1 is 1.37 bits per heavy atom. The lowest BCUT2D eigenvalue weighted by atomic mass is 10.2. The SMILES string of the molecule is CC(C)(C)[Si](C)(C)OCC1CN(CCCCl)CCO1. The third kappa shape index (κ3) is 5.72. The van der Waals surface area contributed by atoms with Crippen LogP contribution in [0.3, 0.4) is 0 Å². The highest BCUT2D eigenvalue weighted by atomic mass is 35.5. The maximum Gasteiger partial charge on any atom is 0.192 e. The standard InChI is InChI=1S/C14H30ClNO2Si/c1-14(2,3)19(4,5)18-12-13-11-16(8-6-7-15)9-10-17-13/h13H,6-12H2,1-5H3. The van der Waals surface area contributed by atoms with Gasteiger partial charge in [0.05, 0.1) is 19.3 Å².